The van der Waals surface area contributed by atoms with Gasteiger partial charge in [-0.25, -0.2) is 17.5 Å². The minimum Gasteiger partial charge on any atom is -0.495 e. The van der Waals surface area contributed by atoms with Crippen molar-refractivity contribution in [2.75, 3.05) is 19.0 Å². The van der Waals surface area contributed by atoms with Gasteiger partial charge in [-0.3, -0.25) is 4.79 Å². The summed E-state index contributed by atoms with van der Waals surface area (Å²) < 4.78 is 45.5. The van der Waals surface area contributed by atoms with E-state index in [1.807, 2.05) is 0 Å². The Morgan fingerprint density at radius 3 is 2.64 bits per heavy atom. The van der Waals surface area contributed by atoms with Crippen molar-refractivity contribution in [3.8, 4) is 5.75 Å². The molecule has 2 rings (SSSR count). The smallest absolute Gasteiger partial charge is 0.258 e. The van der Waals surface area contributed by atoms with E-state index in [-0.39, 0.29) is 28.4 Å². The zero-order valence-electron chi connectivity index (χ0n) is 13.5. The molecule has 6 nitrogen and oxygen atoms in total. The van der Waals surface area contributed by atoms with Gasteiger partial charge in [0.2, 0.25) is 10.0 Å². The monoisotopic (exact) mass is 364 g/mol. The third-order valence-electron chi connectivity index (χ3n) is 3.27. The minimum atomic E-state index is -3.78. The molecule has 0 radical (unpaired) electrons. The number of amides is 1. The van der Waals surface area contributed by atoms with Gasteiger partial charge in [0.15, 0.2) is 0 Å². The summed E-state index contributed by atoms with van der Waals surface area (Å²) >= 11 is 0. The van der Waals surface area contributed by atoms with E-state index in [1.165, 1.54) is 49.6 Å². The molecule has 0 unspecified atom stereocenters. The molecule has 0 aromatic heterocycles. The van der Waals surface area contributed by atoms with Crippen LogP contribution in [0.4, 0.5) is 10.1 Å². The van der Waals surface area contributed by atoms with E-state index in [4.69, 9.17) is 4.74 Å². The number of anilines is 1. The normalized spacial score (nSPS) is 11.0. The number of carbonyl (C=O) groups excluding carboxylic acids is 1. The molecule has 0 saturated carbocycles. The van der Waals surface area contributed by atoms with Gasteiger partial charge in [-0.1, -0.05) is 18.2 Å². The van der Waals surface area contributed by atoms with Crippen molar-refractivity contribution in [3.63, 3.8) is 0 Å². The third-order valence-corrected chi connectivity index (χ3v) is 4.69. The number of hydrogen-bond acceptors (Lipinski definition) is 4. The highest BCUT2D eigenvalue weighted by atomic mass is 32.2. The van der Waals surface area contributed by atoms with Gasteiger partial charge in [-0.15, -0.1) is 6.58 Å². The Kier molecular flexibility index (Phi) is 5.89. The molecule has 0 saturated heterocycles. The summed E-state index contributed by atoms with van der Waals surface area (Å²) in [6.07, 6.45) is 1.40. The molecular weight excluding hydrogens is 347 g/mol. The van der Waals surface area contributed by atoms with Gasteiger partial charge in [-0.05, 0) is 30.3 Å². The van der Waals surface area contributed by atoms with Crippen molar-refractivity contribution >= 4 is 21.6 Å². The van der Waals surface area contributed by atoms with Crippen LogP contribution in [0, 0.1) is 5.82 Å². The fraction of sp³-hybridized carbons (Fsp3) is 0.118. The van der Waals surface area contributed by atoms with Crippen LogP contribution < -0.4 is 14.8 Å². The second kappa shape index (κ2) is 7.91. The highest BCUT2D eigenvalue weighted by Crippen LogP contribution is 2.28. The first-order valence-electron chi connectivity index (χ1n) is 7.23. The fourth-order valence-electron chi connectivity index (χ4n) is 2.04. The van der Waals surface area contributed by atoms with Gasteiger partial charge < -0.3 is 10.1 Å². The van der Waals surface area contributed by atoms with E-state index in [0.29, 0.717) is 0 Å². The number of carbonyl (C=O) groups is 1. The van der Waals surface area contributed by atoms with E-state index in [2.05, 4.69) is 16.6 Å². The molecule has 0 bridgehead atoms. The molecule has 1 amide bonds. The maximum Gasteiger partial charge on any atom is 0.258 e. The number of ether oxygens (including phenoxy) is 1. The van der Waals surface area contributed by atoms with Gasteiger partial charge in [0.05, 0.1) is 23.3 Å². The van der Waals surface area contributed by atoms with Crippen molar-refractivity contribution in [3.05, 3.63) is 66.5 Å². The van der Waals surface area contributed by atoms with Crippen molar-refractivity contribution < 1.29 is 22.3 Å². The van der Waals surface area contributed by atoms with Crippen LogP contribution in [0.3, 0.4) is 0 Å². The number of benzene rings is 2. The van der Waals surface area contributed by atoms with Crippen molar-refractivity contribution in [2.24, 2.45) is 0 Å². The zero-order chi connectivity index (χ0) is 18.4. The van der Waals surface area contributed by atoms with Crippen LogP contribution in [0.5, 0.6) is 5.75 Å². The lowest BCUT2D eigenvalue weighted by Gasteiger charge is -2.13. The van der Waals surface area contributed by atoms with E-state index < -0.39 is 21.7 Å². The Labute approximate surface area is 145 Å². The van der Waals surface area contributed by atoms with Gasteiger partial charge >= 0.3 is 0 Å². The number of methoxy groups -OCH3 is 1. The lowest BCUT2D eigenvalue weighted by atomic mass is 10.2. The summed E-state index contributed by atoms with van der Waals surface area (Å²) in [6.45, 7) is 3.50. The Hall–Kier alpha value is -2.71. The zero-order valence-corrected chi connectivity index (χ0v) is 14.3. The minimum absolute atomic E-state index is 0.0608. The summed E-state index contributed by atoms with van der Waals surface area (Å²) in [7, 11) is -2.41. The second-order valence-corrected chi connectivity index (χ2v) is 6.70. The summed E-state index contributed by atoms with van der Waals surface area (Å²) in [4.78, 5) is 12.2. The van der Waals surface area contributed by atoms with Gasteiger partial charge in [0.25, 0.3) is 5.91 Å². The molecule has 8 heteroatoms. The first-order valence-corrected chi connectivity index (χ1v) is 8.72. The predicted molar refractivity (Wildman–Crippen MR) is 92.7 cm³/mol. The molecular formula is C17H17FN2O4S. The Balaban J connectivity index is 2.36. The van der Waals surface area contributed by atoms with E-state index in [9.17, 15) is 17.6 Å². The molecule has 0 spiro atoms. The largest absolute Gasteiger partial charge is 0.495 e. The molecule has 0 aliphatic rings. The maximum absolute atomic E-state index is 13.7. The Morgan fingerprint density at radius 2 is 2.00 bits per heavy atom. The number of sulfonamides is 1. The molecule has 25 heavy (non-hydrogen) atoms. The average molecular weight is 364 g/mol. The maximum atomic E-state index is 13.7. The highest BCUT2D eigenvalue weighted by molar-refractivity contribution is 7.89. The molecule has 2 aromatic rings. The Bertz CT molecular complexity index is 897. The van der Waals surface area contributed by atoms with Gasteiger partial charge in [0, 0.05) is 6.54 Å². The van der Waals surface area contributed by atoms with E-state index in [1.54, 1.807) is 0 Å². The number of hydrogen-bond donors (Lipinski definition) is 2. The number of nitrogens with one attached hydrogen (secondary N) is 2. The van der Waals surface area contributed by atoms with Crippen LogP contribution in [0.2, 0.25) is 0 Å². The summed E-state index contributed by atoms with van der Waals surface area (Å²) in [5, 5.41) is 2.47. The molecule has 2 N–H and O–H groups in total. The number of halogens is 1. The summed E-state index contributed by atoms with van der Waals surface area (Å²) in [6, 6.07) is 9.45. The first kappa shape index (κ1) is 18.6. The molecule has 132 valence electrons. The van der Waals surface area contributed by atoms with Crippen molar-refractivity contribution in [2.45, 2.75) is 4.90 Å². The topological polar surface area (TPSA) is 84.5 Å². The standard InChI is InChI=1S/C17H17FN2O4S/c1-3-10-19-25(22,23)12-8-9-16(24-2)15(11-12)20-17(21)13-6-4-5-7-14(13)18/h3-9,11,19H,1,10H2,2H3,(H,20,21). The van der Waals surface area contributed by atoms with Gasteiger partial charge in [-0.2, -0.15) is 0 Å². The highest BCUT2D eigenvalue weighted by Gasteiger charge is 2.18. The van der Waals surface area contributed by atoms with Gasteiger partial charge in [0.1, 0.15) is 11.6 Å². The van der Waals surface area contributed by atoms with Crippen LogP contribution in [0.15, 0.2) is 60.0 Å². The molecule has 0 aliphatic heterocycles. The molecule has 0 heterocycles. The van der Waals surface area contributed by atoms with Crippen LogP contribution in [0.1, 0.15) is 10.4 Å². The predicted octanol–water partition coefficient (Wildman–Crippen LogP) is 2.55. The number of rotatable bonds is 7. The van der Waals surface area contributed by atoms with E-state index in [0.717, 1.165) is 6.07 Å². The first-order chi connectivity index (χ1) is 11.9. The molecule has 0 atom stereocenters. The van der Waals surface area contributed by atoms with Crippen LogP contribution in [-0.4, -0.2) is 28.0 Å². The molecule has 2 aromatic carbocycles. The lowest BCUT2D eigenvalue weighted by molar-refractivity contribution is 0.102. The van der Waals surface area contributed by atoms with Crippen LogP contribution >= 0.6 is 0 Å². The third kappa shape index (κ3) is 4.43. The van der Waals surface area contributed by atoms with Crippen LogP contribution in [-0.2, 0) is 10.0 Å². The lowest BCUT2D eigenvalue weighted by Crippen LogP contribution is -2.24. The Morgan fingerprint density at radius 1 is 1.28 bits per heavy atom. The quantitative estimate of drug-likeness (QED) is 0.740. The second-order valence-electron chi connectivity index (χ2n) is 4.94. The van der Waals surface area contributed by atoms with Crippen molar-refractivity contribution in [1.82, 2.24) is 4.72 Å². The summed E-state index contributed by atoms with van der Waals surface area (Å²) in [5.74, 6) is -1.16. The fourth-order valence-corrected chi connectivity index (χ4v) is 3.06. The molecule has 0 aliphatic carbocycles. The SMILES string of the molecule is C=CCNS(=O)(=O)c1ccc(OC)c(NC(=O)c2ccccc2F)c1. The van der Waals surface area contributed by atoms with Crippen LogP contribution in [0.25, 0.3) is 0 Å². The summed E-state index contributed by atoms with van der Waals surface area (Å²) in [5.41, 5.74) is -0.0557. The molecule has 0 fully saturated rings. The van der Waals surface area contributed by atoms with Crippen molar-refractivity contribution in [1.29, 1.82) is 0 Å². The average Bonchev–Trinajstić information content (AvgIpc) is 2.60. The van der Waals surface area contributed by atoms with E-state index >= 15 is 0 Å².